The number of hydrogen-bond acceptors (Lipinski definition) is 3. The summed E-state index contributed by atoms with van der Waals surface area (Å²) < 4.78 is 5.43. The topological polar surface area (TPSA) is 41.6 Å². The van der Waals surface area contributed by atoms with Crippen molar-refractivity contribution in [1.29, 1.82) is 0 Å². The van der Waals surface area contributed by atoms with Crippen molar-refractivity contribution in [3.8, 4) is 0 Å². The largest absolute Gasteiger partial charge is 0.379 e. The van der Waals surface area contributed by atoms with Crippen LogP contribution in [0.2, 0.25) is 5.02 Å². The third kappa shape index (κ3) is 4.70. The summed E-state index contributed by atoms with van der Waals surface area (Å²) in [6, 6.07) is 8.01. The second-order valence-corrected chi connectivity index (χ2v) is 7.11. The molecule has 1 saturated heterocycles. The van der Waals surface area contributed by atoms with E-state index < -0.39 is 0 Å². The lowest BCUT2D eigenvalue weighted by molar-refractivity contribution is -0.128. The van der Waals surface area contributed by atoms with Crippen molar-refractivity contribution in [2.45, 2.75) is 26.8 Å². The van der Waals surface area contributed by atoms with Gasteiger partial charge in [0.15, 0.2) is 0 Å². The minimum absolute atomic E-state index is 0.0692. The Morgan fingerprint density at radius 3 is 2.41 bits per heavy atom. The molecule has 1 aromatic rings. The molecular weight excluding hydrogens is 300 g/mol. The molecule has 2 rings (SSSR count). The van der Waals surface area contributed by atoms with E-state index in [0.29, 0.717) is 6.54 Å². The van der Waals surface area contributed by atoms with E-state index in [9.17, 15) is 4.79 Å². The zero-order valence-corrected chi connectivity index (χ0v) is 14.3. The minimum Gasteiger partial charge on any atom is -0.379 e. The zero-order chi connectivity index (χ0) is 16.2. The Balaban J connectivity index is 2.11. The number of rotatable bonds is 4. The lowest BCUT2D eigenvalue weighted by Gasteiger charge is -2.35. The lowest BCUT2D eigenvalue weighted by Crippen LogP contribution is -2.45. The van der Waals surface area contributed by atoms with Gasteiger partial charge >= 0.3 is 0 Å². The van der Waals surface area contributed by atoms with Crippen LogP contribution in [0.5, 0.6) is 0 Å². The van der Waals surface area contributed by atoms with Crippen molar-refractivity contribution in [1.82, 2.24) is 10.2 Å². The Bertz CT molecular complexity index is 490. The van der Waals surface area contributed by atoms with Crippen LogP contribution in [0.4, 0.5) is 0 Å². The number of morpholine rings is 1. The quantitative estimate of drug-likeness (QED) is 0.926. The molecule has 1 fully saturated rings. The third-order valence-corrected chi connectivity index (χ3v) is 4.13. The van der Waals surface area contributed by atoms with Gasteiger partial charge in [0.25, 0.3) is 0 Å². The summed E-state index contributed by atoms with van der Waals surface area (Å²) in [5.74, 6) is 0.0692. The van der Waals surface area contributed by atoms with Crippen LogP contribution in [-0.4, -0.2) is 43.7 Å². The molecule has 4 nitrogen and oxygen atoms in total. The summed E-state index contributed by atoms with van der Waals surface area (Å²) in [6.45, 7) is 9.58. The molecule has 0 spiro atoms. The second kappa shape index (κ2) is 7.44. The molecule has 0 saturated carbocycles. The fourth-order valence-electron chi connectivity index (χ4n) is 2.49. The molecule has 1 atom stereocenters. The number of carbonyl (C=O) groups excluding carboxylic acids is 1. The molecule has 22 heavy (non-hydrogen) atoms. The SMILES string of the molecule is CC(C)(C)C(=O)NC[C@@H](c1ccc(Cl)cc1)N1CCOCC1. The van der Waals surface area contributed by atoms with Crippen molar-refractivity contribution < 1.29 is 9.53 Å². The summed E-state index contributed by atoms with van der Waals surface area (Å²) in [4.78, 5) is 14.5. The molecule has 0 unspecified atom stereocenters. The average molecular weight is 325 g/mol. The minimum atomic E-state index is -0.379. The van der Waals surface area contributed by atoms with Crippen molar-refractivity contribution >= 4 is 17.5 Å². The maximum Gasteiger partial charge on any atom is 0.225 e. The van der Waals surface area contributed by atoms with Gasteiger partial charge < -0.3 is 10.1 Å². The van der Waals surface area contributed by atoms with Gasteiger partial charge in [0.05, 0.1) is 19.3 Å². The van der Waals surface area contributed by atoms with Crippen LogP contribution in [-0.2, 0) is 9.53 Å². The second-order valence-electron chi connectivity index (χ2n) is 6.68. The van der Waals surface area contributed by atoms with E-state index in [-0.39, 0.29) is 17.4 Å². The van der Waals surface area contributed by atoms with E-state index in [1.807, 2.05) is 45.0 Å². The van der Waals surface area contributed by atoms with Gasteiger partial charge in [-0.05, 0) is 17.7 Å². The molecular formula is C17H25ClN2O2. The average Bonchev–Trinajstić information content (AvgIpc) is 2.49. The first kappa shape index (κ1) is 17.3. The first-order valence-electron chi connectivity index (χ1n) is 7.73. The highest BCUT2D eigenvalue weighted by atomic mass is 35.5. The highest BCUT2D eigenvalue weighted by Gasteiger charge is 2.26. The predicted octanol–water partition coefficient (Wildman–Crippen LogP) is 2.88. The number of nitrogens with zero attached hydrogens (tertiary/aromatic N) is 1. The van der Waals surface area contributed by atoms with E-state index in [1.54, 1.807) is 0 Å². The van der Waals surface area contributed by atoms with Crippen molar-refractivity contribution in [2.24, 2.45) is 5.41 Å². The number of halogens is 1. The van der Waals surface area contributed by atoms with Crippen LogP contribution in [0.1, 0.15) is 32.4 Å². The molecule has 0 aromatic heterocycles. The van der Waals surface area contributed by atoms with Crippen LogP contribution in [0, 0.1) is 5.41 Å². The van der Waals surface area contributed by atoms with Gasteiger partial charge in [-0.15, -0.1) is 0 Å². The van der Waals surface area contributed by atoms with Crippen LogP contribution < -0.4 is 5.32 Å². The van der Waals surface area contributed by atoms with Gasteiger partial charge in [0.2, 0.25) is 5.91 Å². The number of carbonyl (C=O) groups is 1. The zero-order valence-electron chi connectivity index (χ0n) is 13.6. The summed E-state index contributed by atoms with van der Waals surface area (Å²) in [6.07, 6.45) is 0. The predicted molar refractivity (Wildman–Crippen MR) is 89.0 cm³/mol. The normalized spacial score (nSPS) is 18.0. The summed E-state index contributed by atoms with van der Waals surface area (Å²) in [7, 11) is 0. The summed E-state index contributed by atoms with van der Waals surface area (Å²) >= 11 is 5.99. The molecule has 0 aliphatic carbocycles. The fraction of sp³-hybridized carbons (Fsp3) is 0.588. The van der Waals surface area contributed by atoms with Crippen LogP contribution >= 0.6 is 11.6 Å². The molecule has 1 heterocycles. The Kier molecular flexibility index (Phi) is 5.84. The van der Waals surface area contributed by atoms with Gasteiger partial charge in [-0.1, -0.05) is 44.5 Å². The first-order chi connectivity index (χ1) is 10.4. The van der Waals surface area contributed by atoms with Crippen molar-refractivity contribution in [3.05, 3.63) is 34.9 Å². The molecule has 1 amide bonds. The van der Waals surface area contributed by atoms with Gasteiger partial charge in [-0.3, -0.25) is 9.69 Å². The standard InChI is InChI=1S/C17H25ClN2O2/c1-17(2,3)16(21)19-12-15(20-8-10-22-11-9-20)13-4-6-14(18)7-5-13/h4-7,15H,8-12H2,1-3H3,(H,19,21)/t15-/m0/s1. The van der Waals surface area contributed by atoms with Gasteiger partial charge in [0.1, 0.15) is 0 Å². The van der Waals surface area contributed by atoms with E-state index in [2.05, 4.69) is 10.2 Å². The summed E-state index contributed by atoms with van der Waals surface area (Å²) in [5.41, 5.74) is 0.788. The Morgan fingerprint density at radius 1 is 1.27 bits per heavy atom. The van der Waals surface area contributed by atoms with E-state index >= 15 is 0 Å². The summed E-state index contributed by atoms with van der Waals surface area (Å²) in [5, 5.41) is 3.80. The van der Waals surface area contributed by atoms with E-state index in [0.717, 1.165) is 31.3 Å². The Labute approximate surface area is 137 Å². The van der Waals surface area contributed by atoms with Gasteiger partial charge in [0, 0.05) is 30.1 Å². The number of amides is 1. The maximum absolute atomic E-state index is 12.2. The number of benzene rings is 1. The molecule has 0 radical (unpaired) electrons. The monoisotopic (exact) mass is 324 g/mol. The molecule has 1 aliphatic rings. The molecule has 0 bridgehead atoms. The van der Waals surface area contributed by atoms with Crippen LogP contribution in [0.25, 0.3) is 0 Å². The van der Waals surface area contributed by atoms with Gasteiger partial charge in [-0.2, -0.15) is 0 Å². The number of nitrogens with one attached hydrogen (secondary N) is 1. The number of hydrogen-bond donors (Lipinski definition) is 1. The highest BCUT2D eigenvalue weighted by molar-refractivity contribution is 6.30. The molecule has 1 N–H and O–H groups in total. The Morgan fingerprint density at radius 2 is 1.86 bits per heavy atom. The molecule has 1 aromatic carbocycles. The fourth-order valence-corrected chi connectivity index (χ4v) is 2.61. The first-order valence-corrected chi connectivity index (χ1v) is 8.11. The smallest absolute Gasteiger partial charge is 0.225 e. The molecule has 1 aliphatic heterocycles. The van der Waals surface area contributed by atoms with E-state index in [1.165, 1.54) is 5.56 Å². The van der Waals surface area contributed by atoms with Crippen molar-refractivity contribution in [3.63, 3.8) is 0 Å². The third-order valence-electron chi connectivity index (χ3n) is 3.88. The lowest BCUT2D eigenvalue weighted by atomic mass is 9.95. The highest BCUT2D eigenvalue weighted by Crippen LogP contribution is 2.23. The molecule has 5 heteroatoms. The maximum atomic E-state index is 12.2. The van der Waals surface area contributed by atoms with Crippen LogP contribution in [0.3, 0.4) is 0 Å². The Hall–Kier alpha value is -1.10. The van der Waals surface area contributed by atoms with E-state index in [4.69, 9.17) is 16.3 Å². The van der Waals surface area contributed by atoms with Gasteiger partial charge in [-0.25, -0.2) is 0 Å². The molecule has 122 valence electrons. The van der Waals surface area contributed by atoms with Crippen molar-refractivity contribution in [2.75, 3.05) is 32.8 Å². The van der Waals surface area contributed by atoms with Crippen LogP contribution in [0.15, 0.2) is 24.3 Å². The number of ether oxygens (including phenoxy) is 1.